The van der Waals surface area contributed by atoms with Gasteiger partial charge in [-0.2, -0.15) is 0 Å². The quantitative estimate of drug-likeness (QED) is 0.140. The molecule has 0 saturated carbocycles. The molecule has 0 unspecified atom stereocenters. The van der Waals surface area contributed by atoms with Crippen LogP contribution in [0.2, 0.25) is 0 Å². The van der Waals surface area contributed by atoms with E-state index in [1.807, 2.05) is 18.2 Å². The maximum absolute atomic E-state index is 12.7. The first-order chi connectivity index (χ1) is 21.0. The zero-order chi connectivity index (χ0) is 32.7. The number of carbonyl (C=O) groups excluding carboxylic acids is 7. The van der Waals surface area contributed by atoms with Crippen LogP contribution in [0.25, 0.3) is 0 Å². The minimum Gasteiger partial charge on any atom is -0.461 e. The van der Waals surface area contributed by atoms with Crippen molar-refractivity contribution in [2.75, 3.05) is 53.1 Å². The van der Waals surface area contributed by atoms with Gasteiger partial charge in [-0.05, 0) is 12.0 Å². The van der Waals surface area contributed by atoms with E-state index in [2.05, 4.69) is 24.3 Å². The van der Waals surface area contributed by atoms with Crippen molar-refractivity contribution in [2.45, 2.75) is 40.2 Å². The Morgan fingerprint density at radius 3 is 1.64 bits per heavy atom. The topological polar surface area (TPSA) is 203 Å². The van der Waals surface area contributed by atoms with Crippen LogP contribution in [0.15, 0.2) is 30.3 Å². The minimum absolute atomic E-state index is 0.00357. The van der Waals surface area contributed by atoms with E-state index in [0.717, 1.165) is 31.2 Å². The molecule has 17 heteroatoms. The van der Waals surface area contributed by atoms with Crippen molar-refractivity contribution in [3.63, 3.8) is 0 Å². The van der Waals surface area contributed by atoms with E-state index in [0.29, 0.717) is 0 Å². The van der Waals surface area contributed by atoms with Gasteiger partial charge in [-0.25, -0.2) is 14.4 Å². The second-order valence-electron chi connectivity index (χ2n) is 8.66. The average Bonchev–Trinajstić information content (AvgIpc) is 2.96. The van der Waals surface area contributed by atoms with Gasteiger partial charge in [0.1, 0.15) is 6.61 Å². The summed E-state index contributed by atoms with van der Waals surface area (Å²) in [6, 6.07) is 9.06. The van der Waals surface area contributed by atoms with Crippen LogP contribution < -0.4 is 5.32 Å². The van der Waals surface area contributed by atoms with Gasteiger partial charge >= 0.3 is 42.2 Å². The Hall–Kier alpha value is -5.09. The Bertz CT molecular complexity index is 1100. The Kier molecular flexibility index (Phi) is 18.1. The maximum atomic E-state index is 12.7. The number of carbonyl (C=O) groups is 7. The fourth-order valence-corrected chi connectivity index (χ4v) is 3.07. The second-order valence-corrected chi connectivity index (χ2v) is 8.66. The third kappa shape index (κ3) is 18.4. The lowest BCUT2D eigenvalue weighted by molar-refractivity contribution is -0.151. The highest BCUT2D eigenvalue weighted by molar-refractivity contribution is 5.71. The van der Waals surface area contributed by atoms with E-state index in [9.17, 15) is 33.6 Å². The van der Waals surface area contributed by atoms with Gasteiger partial charge in [0.25, 0.3) is 0 Å². The van der Waals surface area contributed by atoms with Crippen LogP contribution in [0.4, 0.5) is 14.4 Å². The minimum atomic E-state index is -0.945. The van der Waals surface area contributed by atoms with Gasteiger partial charge in [0, 0.05) is 59.9 Å². The van der Waals surface area contributed by atoms with Gasteiger partial charge in [0.15, 0.2) is 0 Å². The number of alkyl carbamates (subject to hydrolysis) is 1. The van der Waals surface area contributed by atoms with Gasteiger partial charge < -0.3 is 48.3 Å². The number of ether oxygens (including phenoxy) is 7. The third-order valence-corrected chi connectivity index (χ3v) is 5.20. The van der Waals surface area contributed by atoms with Crippen molar-refractivity contribution in [3.05, 3.63) is 35.9 Å². The molecule has 1 rings (SSSR count). The number of esters is 4. The van der Waals surface area contributed by atoms with Crippen LogP contribution in [0.3, 0.4) is 0 Å². The fourth-order valence-electron chi connectivity index (χ4n) is 3.07. The highest BCUT2D eigenvalue weighted by atomic mass is 16.7. The predicted molar refractivity (Wildman–Crippen MR) is 146 cm³/mol. The monoisotopic (exact) mass is 627 g/mol. The molecule has 17 nitrogen and oxygen atoms in total. The molecule has 0 spiro atoms. The van der Waals surface area contributed by atoms with Crippen molar-refractivity contribution in [2.24, 2.45) is 0 Å². The van der Waals surface area contributed by atoms with Crippen molar-refractivity contribution >= 4 is 42.2 Å². The number of benzene rings is 1. The molecule has 1 N–H and O–H groups in total. The van der Waals surface area contributed by atoms with E-state index >= 15 is 0 Å². The molecule has 0 aliphatic rings. The maximum Gasteiger partial charge on any atom is 0.412 e. The molecule has 0 heterocycles. The first-order valence-electron chi connectivity index (χ1n) is 13.3. The molecule has 1 aromatic rings. The average molecular weight is 628 g/mol. The number of hydrogen-bond acceptors (Lipinski definition) is 14. The van der Waals surface area contributed by atoms with Gasteiger partial charge in [0.2, 0.25) is 20.4 Å². The second kappa shape index (κ2) is 21.6. The molecule has 0 aliphatic carbocycles. The lowest BCUT2D eigenvalue weighted by Crippen LogP contribution is -2.45. The van der Waals surface area contributed by atoms with E-state index in [-0.39, 0.29) is 52.2 Å². The summed E-state index contributed by atoms with van der Waals surface area (Å²) < 4.78 is 33.5. The summed E-state index contributed by atoms with van der Waals surface area (Å²) in [6.07, 6.45) is -2.64. The fraction of sp³-hybridized carbons (Fsp3) is 0.519. The van der Waals surface area contributed by atoms with Gasteiger partial charge in [0.05, 0.1) is 0 Å². The Balaban J connectivity index is 2.77. The predicted octanol–water partition coefficient (Wildman–Crippen LogP) is 1.68. The highest BCUT2D eigenvalue weighted by Crippen LogP contribution is 2.06. The number of amides is 3. The first-order valence-corrected chi connectivity index (χ1v) is 13.3. The largest absolute Gasteiger partial charge is 0.461 e. The normalized spacial score (nSPS) is 9.98. The Labute approximate surface area is 253 Å². The van der Waals surface area contributed by atoms with Gasteiger partial charge in [-0.3, -0.25) is 19.2 Å². The van der Waals surface area contributed by atoms with Crippen molar-refractivity contribution in [3.8, 4) is 0 Å². The number of nitrogens with one attached hydrogen (secondary N) is 1. The first kappa shape index (κ1) is 36.9. The Morgan fingerprint density at radius 1 is 0.614 bits per heavy atom. The number of rotatable bonds is 18. The smallest absolute Gasteiger partial charge is 0.412 e. The van der Waals surface area contributed by atoms with E-state index in [1.165, 1.54) is 4.90 Å². The van der Waals surface area contributed by atoms with Gasteiger partial charge in [-0.1, -0.05) is 30.3 Å². The van der Waals surface area contributed by atoms with E-state index in [4.69, 9.17) is 14.2 Å². The molecule has 0 atom stereocenters. The summed E-state index contributed by atoms with van der Waals surface area (Å²) in [7, 11) is 0. The molecule has 0 fully saturated rings. The SMILES string of the molecule is CC(=O)OCOC(=O)NCCN(CCN(CCCC(=O)OCc1ccccc1)C(=O)OCOC(C)=O)C(=O)OCOC(C)=O. The molecular weight excluding hydrogens is 590 g/mol. The summed E-state index contributed by atoms with van der Waals surface area (Å²) in [6.45, 7) is 0.920. The highest BCUT2D eigenvalue weighted by Gasteiger charge is 2.21. The standard InChI is InChI=1S/C27H37N3O14/c1-20(31)39-17-42-25(35)28-11-13-30(27(37)44-19-41-22(3)33)15-14-29(26(36)43-18-40-21(2)32)12-7-10-24(34)38-16-23-8-5-4-6-9-23/h4-6,8-9H,7,10-19H2,1-3H3,(H,28,35). The summed E-state index contributed by atoms with van der Waals surface area (Å²) in [5.41, 5.74) is 0.810. The lowest BCUT2D eigenvalue weighted by Gasteiger charge is -2.27. The van der Waals surface area contributed by atoms with Gasteiger partial charge in [-0.15, -0.1) is 0 Å². The van der Waals surface area contributed by atoms with E-state index in [1.54, 1.807) is 12.1 Å². The number of nitrogens with zero attached hydrogens (tertiary/aromatic N) is 2. The zero-order valence-electron chi connectivity index (χ0n) is 24.8. The van der Waals surface area contributed by atoms with Crippen LogP contribution in [-0.2, 0) is 58.9 Å². The molecule has 3 amide bonds. The van der Waals surface area contributed by atoms with Crippen molar-refractivity contribution in [1.82, 2.24) is 15.1 Å². The van der Waals surface area contributed by atoms with Crippen LogP contribution in [0.5, 0.6) is 0 Å². The van der Waals surface area contributed by atoms with Crippen LogP contribution in [-0.4, -0.2) is 105 Å². The summed E-state index contributed by atoms with van der Waals surface area (Å²) in [4.78, 5) is 84.4. The summed E-state index contributed by atoms with van der Waals surface area (Å²) in [5, 5.41) is 2.34. The zero-order valence-corrected chi connectivity index (χ0v) is 24.8. The Morgan fingerprint density at radius 2 is 1.11 bits per heavy atom. The van der Waals surface area contributed by atoms with Crippen molar-refractivity contribution < 1.29 is 66.7 Å². The molecule has 0 radical (unpaired) electrons. The molecule has 0 aromatic heterocycles. The molecule has 44 heavy (non-hydrogen) atoms. The molecule has 0 aliphatic heterocycles. The molecule has 0 bridgehead atoms. The van der Waals surface area contributed by atoms with Crippen LogP contribution in [0, 0.1) is 0 Å². The summed E-state index contributed by atoms with van der Waals surface area (Å²) in [5.74, 6) is -2.51. The lowest BCUT2D eigenvalue weighted by atomic mass is 10.2. The number of hydrogen-bond donors (Lipinski definition) is 1. The van der Waals surface area contributed by atoms with E-state index < -0.39 is 62.5 Å². The van der Waals surface area contributed by atoms with Crippen LogP contribution in [0.1, 0.15) is 39.2 Å². The summed E-state index contributed by atoms with van der Waals surface area (Å²) >= 11 is 0. The third-order valence-electron chi connectivity index (χ3n) is 5.20. The van der Waals surface area contributed by atoms with Crippen LogP contribution >= 0.6 is 0 Å². The molecule has 244 valence electrons. The van der Waals surface area contributed by atoms with Crippen molar-refractivity contribution in [1.29, 1.82) is 0 Å². The molecular formula is C27H37N3O14. The molecule has 1 aromatic carbocycles. The molecule has 0 saturated heterocycles.